The molecule has 1 amide bonds. The van der Waals surface area contributed by atoms with Gasteiger partial charge < -0.3 is 10.1 Å². The summed E-state index contributed by atoms with van der Waals surface area (Å²) >= 11 is 1.30. The third kappa shape index (κ3) is 7.46. The average molecular weight is 625 g/mol. The van der Waals surface area contributed by atoms with Crippen LogP contribution in [-0.4, -0.2) is 44.5 Å². The van der Waals surface area contributed by atoms with Gasteiger partial charge in [0.2, 0.25) is 5.91 Å². The van der Waals surface area contributed by atoms with Gasteiger partial charge in [-0.15, -0.1) is 18.3 Å². The van der Waals surface area contributed by atoms with E-state index in [1.165, 1.54) is 64.1 Å². The van der Waals surface area contributed by atoms with Gasteiger partial charge >= 0.3 is 6.36 Å². The van der Waals surface area contributed by atoms with Crippen LogP contribution in [0.5, 0.6) is 5.75 Å². The van der Waals surface area contributed by atoms with Crippen LogP contribution in [0.1, 0.15) is 30.9 Å². The molecule has 1 aromatic heterocycles. The lowest BCUT2D eigenvalue weighted by molar-refractivity contribution is -0.274. The van der Waals surface area contributed by atoms with Crippen molar-refractivity contribution < 1.29 is 27.1 Å². The molecule has 0 aliphatic carbocycles. The lowest BCUT2D eigenvalue weighted by atomic mass is 10.0. The van der Waals surface area contributed by atoms with Crippen molar-refractivity contribution in [3.63, 3.8) is 0 Å². The number of aliphatic imine (C=N–C) groups is 1. The molecule has 1 saturated heterocycles. The molecule has 1 fully saturated rings. The minimum atomic E-state index is -4.76. The van der Waals surface area contributed by atoms with Gasteiger partial charge in [0.05, 0.1) is 17.1 Å². The van der Waals surface area contributed by atoms with Crippen molar-refractivity contribution in [1.29, 1.82) is 0 Å². The summed E-state index contributed by atoms with van der Waals surface area (Å²) in [6, 6.07) is 17.4. The van der Waals surface area contributed by atoms with Gasteiger partial charge in [0, 0.05) is 12.1 Å². The Balaban J connectivity index is 1.21. The van der Waals surface area contributed by atoms with Crippen LogP contribution in [0.4, 0.5) is 23.2 Å². The Labute approximate surface area is 255 Å². The second-order valence-electron chi connectivity index (χ2n) is 10.1. The van der Waals surface area contributed by atoms with E-state index in [4.69, 9.17) is 0 Å². The van der Waals surface area contributed by atoms with Gasteiger partial charge in [-0.05, 0) is 72.0 Å². The first-order valence-electron chi connectivity index (χ1n) is 13.6. The first-order chi connectivity index (χ1) is 21.0. The van der Waals surface area contributed by atoms with Crippen molar-refractivity contribution in [2.75, 3.05) is 17.2 Å². The lowest BCUT2D eigenvalue weighted by Crippen LogP contribution is -2.31. The minimum absolute atomic E-state index is 0.00897. The molecule has 4 aromatic rings. The number of nitrogens with zero attached hydrogens (tertiary/aromatic N) is 5. The summed E-state index contributed by atoms with van der Waals surface area (Å²) in [7, 11) is 0. The number of alkyl halides is 3. The molecule has 0 unspecified atom stereocenters. The largest absolute Gasteiger partial charge is 0.573 e. The van der Waals surface area contributed by atoms with Gasteiger partial charge in [-0.25, -0.2) is 19.0 Å². The van der Waals surface area contributed by atoms with E-state index in [9.17, 15) is 22.4 Å². The molecule has 3 aromatic carbocycles. The van der Waals surface area contributed by atoms with Gasteiger partial charge in [-0.2, -0.15) is 0 Å². The van der Waals surface area contributed by atoms with Gasteiger partial charge in [-0.3, -0.25) is 9.69 Å². The van der Waals surface area contributed by atoms with Crippen LogP contribution in [-0.2, 0) is 11.2 Å². The maximum Gasteiger partial charge on any atom is 0.573 e. The monoisotopic (exact) mass is 624 g/mol. The van der Waals surface area contributed by atoms with E-state index in [0.29, 0.717) is 41.2 Å². The number of amides is 1. The fourth-order valence-corrected chi connectivity index (χ4v) is 5.45. The number of benzene rings is 3. The number of hydrogen-bond acceptors (Lipinski definition) is 7. The smallest absolute Gasteiger partial charge is 0.406 e. The van der Waals surface area contributed by atoms with Crippen LogP contribution in [0.3, 0.4) is 0 Å². The van der Waals surface area contributed by atoms with Crippen molar-refractivity contribution in [1.82, 2.24) is 20.1 Å². The second-order valence-corrected chi connectivity index (χ2v) is 11.1. The first-order valence-corrected chi connectivity index (χ1v) is 14.6. The molecule has 5 rings (SSSR count). The molecule has 13 heteroatoms. The van der Waals surface area contributed by atoms with Crippen LogP contribution in [0.2, 0.25) is 0 Å². The van der Waals surface area contributed by atoms with E-state index in [1.807, 2.05) is 38.1 Å². The Morgan fingerprint density at radius 1 is 1.14 bits per heavy atom. The van der Waals surface area contributed by atoms with E-state index in [2.05, 4.69) is 31.7 Å². The molecule has 0 radical (unpaired) electrons. The maximum absolute atomic E-state index is 13.9. The number of nitrogens with one attached hydrogen (secondary N) is 1. The van der Waals surface area contributed by atoms with Gasteiger partial charge in [-0.1, -0.05) is 50.4 Å². The molecule has 1 N–H and O–H groups in total. The zero-order valence-electron chi connectivity index (χ0n) is 23.8. The topological polar surface area (TPSA) is 84.6 Å². The SMILES string of the molecule is C=C(N=C1SCC(=O)N1c1ccc(F)cc1C(C)C)NCCc1cccc(-c2ncn(-c3ccc(OC(F)(F)F)cc3)n2)c1. The van der Waals surface area contributed by atoms with Crippen LogP contribution in [0, 0.1) is 5.82 Å². The zero-order chi connectivity index (χ0) is 31.4. The average Bonchev–Trinajstić information content (AvgIpc) is 3.60. The van der Waals surface area contributed by atoms with Crippen LogP contribution < -0.4 is 15.0 Å². The summed E-state index contributed by atoms with van der Waals surface area (Å²) in [6.45, 7) is 8.40. The van der Waals surface area contributed by atoms with Crippen LogP contribution >= 0.6 is 11.8 Å². The van der Waals surface area contributed by atoms with E-state index < -0.39 is 6.36 Å². The molecule has 0 bridgehead atoms. The molecule has 2 heterocycles. The number of carbonyl (C=O) groups excluding carboxylic acids is 1. The number of ether oxygens (including phenoxy) is 1. The van der Waals surface area contributed by atoms with Crippen molar-refractivity contribution in [3.05, 3.63) is 102 Å². The number of amidine groups is 1. The highest BCUT2D eigenvalue weighted by molar-refractivity contribution is 8.15. The molecule has 44 heavy (non-hydrogen) atoms. The highest BCUT2D eigenvalue weighted by atomic mass is 32.2. The summed E-state index contributed by atoms with van der Waals surface area (Å²) in [5, 5.41) is 8.13. The Morgan fingerprint density at radius 2 is 1.91 bits per heavy atom. The number of thioether (sulfide) groups is 1. The number of carbonyl (C=O) groups is 1. The van der Waals surface area contributed by atoms with Gasteiger partial charge in [0.1, 0.15) is 23.7 Å². The van der Waals surface area contributed by atoms with Crippen molar-refractivity contribution in [2.24, 2.45) is 4.99 Å². The lowest BCUT2D eigenvalue weighted by Gasteiger charge is -2.22. The van der Waals surface area contributed by atoms with E-state index in [0.717, 1.165) is 16.7 Å². The molecule has 8 nitrogen and oxygen atoms in total. The van der Waals surface area contributed by atoms with Crippen molar-refractivity contribution >= 4 is 28.5 Å². The van der Waals surface area contributed by atoms with Gasteiger partial charge in [0.25, 0.3) is 0 Å². The molecule has 0 saturated carbocycles. The van der Waals surface area contributed by atoms with Crippen molar-refractivity contribution in [3.8, 4) is 22.8 Å². The highest BCUT2D eigenvalue weighted by Gasteiger charge is 2.32. The van der Waals surface area contributed by atoms with E-state index >= 15 is 0 Å². The third-order valence-electron chi connectivity index (χ3n) is 6.60. The van der Waals surface area contributed by atoms with Crippen LogP contribution in [0.25, 0.3) is 17.1 Å². The summed E-state index contributed by atoms with van der Waals surface area (Å²) in [5.41, 5.74) is 3.64. The Hall–Kier alpha value is -4.65. The summed E-state index contributed by atoms with van der Waals surface area (Å²) in [6.07, 6.45) is -2.65. The number of anilines is 1. The Morgan fingerprint density at radius 3 is 2.64 bits per heavy atom. The summed E-state index contributed by atoms with van der Waals surface area (Å²) in [5.74, 6) is 0.278. The molecular weight excluding hydrogens is 596 g/mol. The maximum atomic E-state index is 13.9. The first kappa shape index (κ1) is 30.8. The predicted molar refractivity (Wildman–Crippen MR) is 162 cm³/mol. The minimum Gasteiger partial charge on any atom is -0.406 e. The number of rotatable bonds is 10. The third-order valence-corrected chi connectivity index (χ3v) is 7.53. The summed E-state index contributed by atoms with van der Waals surface area (Å²) in [4.78, 5) is 23.2. The number of aromatic nitrogens is 3. The predicted octanol–water partition coefficient (Wildman–Crippen LogP) is 6.83. The Kier molecular flexibility index (Phi) is 9.04. The fourth-order valence-electron chi connectivity index (χ4n) is 4.57. The number of halogens is 4. The standard InChI is InChI=1S/C31H28F4N6O2S/c1-19(2)26-16-23(32)7-12-27(26)41-28(42)17-44-30(41)38-20(3)36-14-13-21-5-4-6-22(15-21)29-37-18-40(39-29)24-8-10-25(11-9-24)43-31(33,34)35/h4-12,15-16,18-19,36H,3,13-14,17H2,1-2H3. The van der Waals surface area contributed by atoms with E-state index in [-0.39, 0.29) is 29.1 Å². The summed E-state index contributed by atoms with van der Waals surface area (Å²) < 4.78 is 56.6. The van der Waals surface area contributed by atoms with E-state index in [1.54, 1.807) is 6.07 Å². The number of hydrogen-bond donors (Lipinski definition) is 1. The molecule has 0 atom stereocenters. The highest BCUT2D eigenvalue weighted by Crippen LogP contribution is 2.34. The molecule has 228 valence electrons. The molecule has 1 aliphatic rings. The molecule has 0 spiro atoms. The fraction of sp³-hybridized carbons (Fsp3) is 0.226. The molecule has 1 aliphatic heterocycles. The van der Waals surface area contributed by atoms with Gasteiger partial charge in [0.15, 0.2) is 11.0 Å². The van der Waals surface area contributed by atoms with Crippen LogP contribution in [0.15, 0.2) is 90.4 Å². The quantitative estimate of drug-likeness (QED) is 0.195. The Bertz CT molecular complexity index is 1700. The normalized spacial score (nSPS) is 14.5. The van der Waals surface area contributed by atoms with Crippen molar-refractivity contribution in [2.45, 2.75) is 32.5 Å². The second kappa shape index (κ2) is 12.9. The molecular formula is C31H28F4N6O2S. The zero-order valence-corrected chi connectivity index (χ0v) is 24.6.